The van der Waals surface area contributed by atoms with Crippen LogP contribution in [0.1, 0.15) is 90.2 Å². The summed E-state index contributed by atoms with van der Waals surface area (Å²) in [6.07, 6.45) is 13.1. The minimum atomic E-state index is -0.810. The zero-order valence-corrected chi connectivity index (χ0v) is 38.4. The van der Waals surface area contributed by atoms with Gasteiger partial charge in [0.2, 0.25) is 5.91 Å². The fraction of sp³-hybridized carbons (Fsp3) is 0.479. The van der Waals surface area contributed by atoms with Crippen molar-refractivity contribution in [2.75, 3.05) is 26.3 Å². The number of hydrogen-bond acceptors (Lipinski definition) is 8. The summed E-state index contributed by atoms with van der Waals surface area (Å²) in [6, 6.07) is 23.3. The minimum absolute atomic E-state index is 0. The predicted octanol–water partition coefficient (Wildman–Crippen LogP) is 7.87. The smallest absolute Gasteiger partial charge is 0.258 e. The Hall–Kier alpha value is -5.11. The van der Waals surface area contributed by atoms with Crippen molar-refractivity contribution in [1.82, 2.24) is 25.6 Å². The molecule has 63 heavy (non-hydrogen) atoms. The molecule has 0 saturated heterocycles. The number of rotatable bonds is 23. The van der Waals surface area contributed by atoms with Gasteiger partial charge in [-0.2, -0.15) is 0 Å². The topological polar surface area (TPSA) is 198 Å². The zero-order valence-electron chi connectivity index (χ0n) is 36.8. The quantitative estimate of drug-likeness (QED) is 0.0246. The second kappa shape index (κ2) is 25.9. The number of ether oxygens (including phenoxy) is 2. The second-order valence-electron chi connectivity index (χ2n) is 16.8. The summed E-state index contributed by atoms with van der Waals surface area (Å²) in [7, 11) is 0. The first-order valence-electron chi connectivity index (χ1n) is 22.2. The molecule has 0 spiro atoms. The Kier molecular flexibility index (Phi) is 20.7. The van der Waals surface area contributed by atoms with Crippen LogP contribution in [-0.4, -0.2) is 71.2 Å². The molecule has 15 heteroatoms. The second-order valence-corrected chi connectivity index (χ2v) is 16.8. The van der Waals surface area contributed by atoms with E-state index < -0.39 is 11.9 Å². The van der Waals surface area contributed by atoms with Gasteiger partial charge in [-0.3, -0.25) is 19.3 Å². The maximum Gasteiger partial charge on any atom is 0.258 e. The number of unbranched alkanes of at least 4 members (excludes halogenated alkanes) is 1. The SMILES string of the molecule is CC(C)CCOc1ccc2ccccc2c1-c1c(OCC(=O)N[C@H](CCCCN)C(=O)N[C@H](CCCN=C(N)N)Cn2cc(CC3CCCCC3)nn2)ccc2ccccc12.Cl.Cl. The van der Waals surface area contributed by atoms with Gasteiger partial charge in [-0.1, -0.05) is 112 Å². The van der Waals surface area contributed by atoms with Gasteiger partial charge in [0.1, 0.15) is 17.5 Å². The number of aromatic nitrogens is 3. The van der Waals surface area contributed by atoms with E-state index >= 15 is 0 Å². The van der Waals surface area contributed by atoms with Crippen molar-refractivity contribution >= 4 is 64.1 Å². The third-order valence-corrected chi connectivity index (χ3v) is 11.5. The molecule has 1 saturated carbocycles. The molecule has 1 aromatic heterocycles. The standard InChI is InChI=1S/C48H65N9O4.2ClH/c1-33(2)25-28-60-42-23-21-35-15-6-8-18-39(35)45(42)46-40-19-9-7-16-36(40)22-24-43(46)61-32-44(58)54-41(20-10-11-26-49)47(59)53-37(17-12-27-52-48(50)51)30-57-31-38(55-56-57)29-34-13-4-3-5-14-34;;/h6-9,15-16,18-19,21-24,31,33-34,37,41H,3-5,10-14,17,20,25-30,32,49H2,1-2H3,(H,53,59)(H,54,58)(H4,50,51,52);2*1H/t37-,41-;;/m1../s1. The normalized spacial score (nSPS) is 13.7. The van der Waals surface area contributed by atoms with Gasteiger partial charge >= 0.3 is 0 Å². The van der Waals surface area contributed by atoms with E-state index in [1.807, 2.05) is 48.7 Å². The molecule has 5 aromatic rings. The lowest BCUT2D eigenvalue weighted by Crippen LogP contribution is -2.51. The fourth-order valence-corrected chi connectivity index (χ4v) is 8.30. The predicted molar refractivity (Wildman–Crippen MR) is 259 cm³/mol. The lowest BCUT2D eigenvalue weighted by molar-refractivity contribution is -0.130. The Balaban J connectivity index is 0.00000436. The number of hydrogen-bond donors (Lipinski definition) is 5. The van der Waals surface area contributed by atoms with E-state index in [9.17, 15) is 9.59 Å². The van der Waals surface area contributed by atoms with Crippen molar-refractivity contribution in [3.05, 3.63) is 84.7 Å². The number of amides is 2. The number of nitrogens with zero attached hydrogens (tertiary/aromatic N) is 4. The first-order valence-corrected chi connectivity index (χ1v) is 22.2. The Morgan fingerprint density at radius 1 is 0.810 bits per heavy atom. The van der Waals surface area contributed by atoms with Crippen LogP contribution in [0.5, 0.6) is 11.5 Å². The molecule has 2 amide bonds. The zero-order chi connectivity index (χ0) is 43.0. The number of fused-ring (bicyclic) bond motifs is 2. The Bertz CT molecular complexity index is 2220. The van der Waals surface area contributed by atoms with Crippen molar-refractivity contribution in [3.63, 3.8) is 0 Å². The molecule has 0 aliphatic heterocycles. The first-order chi connectivity index (χ1) is 29.7. The Morgan fingerprint density at radius 2 is 1.46 bits per heavy atom. The Labute approximate surface area is 384 Å². The van der Waals surface area contributed by atoms with Crippen LogP contribution >= 0.6 is 24.8 Å². The number of halogens is 2. The van der Waals surface area contributed by atoms with E-state index in [-0.39, 0.29) is 49.3 Å². The van der Waals surface area contributed by atoms with Crippen LogP contribution in [-0.2, 0) is 22.6 Å². The average Bonchev–Trinajstić information content (AvgIpc) is 3.70. The number of nitrogens with two attached hydrogens (primary N) is 3. The molecule has 2 atom stereocenters. The molecule has 13 nitrogen and oxygen atoms in total. The summed E-state index contributed by atoms with van der Waals surface area (Å²) in [5.41, 5.74) is 19.7. The molecular weight excluding hydrogens is 837 g/mol. The van der Waals surface area contributed by atoms with Crippen LogP contribution in [0, 0.1) is 11.8 Å². The van der Waals surface area contributed by atoms with E-state index in [0.717, 1.165) is 57.0 Å². The molecule has 0 unspecified atom stereocenters. The molecule has 1 aliphatic rings. The van der Waals surface area contributed by atoms with Crippen molar-refractivity contribution in [3.8, 4) is 22.6 Å². The fourth-order valence-electron chi connectivity index (χ4n) is 8.30. The Morgan fingerprint density at radius 3 is 2.10 bits per heavy atom. The number of benzene rings is 4. The van der Waals surface area contributed by atoms with Crippen LogP contribution < -0.4 is 37.3 Å². The highest BCUT2D eigenvalue weighted by atomic mass is 35.5. The number of guanidine groups is 1. The maximum absolute atomic E-state index is 14.1. The monoisotopic (exact) mass is 903 g/mol. The molecule has 1 fully saturated rings. The number of carbonyl (C=O) groups excluding carboxylic acids is 2. The van der Waals surface area contributed by atoms with Crippen LogP contribution in [0.3, 0.4) is 0 Å². The highest BCUT2D eigenvalue weighted by Crippen LogP contribution is 2.45. The van der Waals surface area contributed by atoms with Gasteiger partial charge < -0.3 is 37.3 Å². The summed E-state index contributed by atoms with van der Waals surface area (Å²) in [6.45, 7) is 5.95. The number of nitrogens with one attached hydrogen (secondary N) is 2. The molecule has 1 aliphatic carbocycles. The summed E-state index contributed by atoms with van der Waals surface area (Å²) >= 11 is 0. The van der Waals surface area contributed by atoms with Gasteiger partial charge in [-0.05, 0) is 97.0 Å². The lowest BCUT2D eigenvalue weighted by atomic mass is 9.86. The van der Waals surface area contributed by atoms with E-state index in [1.165, 1.54) is 32.1 Å². The summed E-state index contributed by atoms with van der Waals surface area (Å²) in [4.78, 5) is 32.1. The van der Waals surface area contributed by atoms with Crippen molar-refractivity contribution in [2.24, 2.45) is 34.0 Å². The van der Waals surface area contributed by atoms with Crippen LogP contribution in [0.25, 0.3) is 32.7 Å². The van der Waals surface area contributed by atoms with Crippen LogP contribution in [0.15, 0.2) is 84.0 Å². The van der Waals surface area contributed by atoms with Gasteiger partial charge in [0.05, 0.1) is 18.8 Å². The van der Waals surface area contributed by atoms with Crippen LogP contribution in [0.2, 0.25) is 0 Å². The molecular formula is C48H67Cl2N9O4. The van der Waals surface area contributed by atoms with Gasteiger partial charge in [0.25, 0.3) is 5.91 Å². The van der Waals surface area contributed by atoms with Gasteiger partial charge in [-0.15, -0.1) is 29.9 Å². The summed E-state index contributed by atoms with van der Waals surface area (Å²) in [5.74, 6) is 1.74. The first kappa shape index (κ1) is 50.5. The summed E-state index contributed by atoms with van der Waals surface area (Å²) in [5, 5.41) is 19.2. The third-order valence-electron chi connectivity index (χ3n) is 11.5. The van der Waals surface area contributed by atoms with E-state index in [1.54, 1.807) is 4.68 Å². The molecule has 342 valence electrons. The van der Waals surface area contributed by atoms with Crippen molar-refractivity contribution in [1.29, 1.82) is 0 Å². The largest absolute Gasteiger partial charge is 0.493 e. The van der Waals surface area contributed by atoms with E-state index in [0.29, 0.717) is 75.9 Å². The third kappa shape index (κ3) is 15.0. The van der Waals surface area contributed by atoms with Gasteiger partial charge in [-0.25, -0.2) is 0 Å². The van der Waals surface area contributed by atoms with Crippen molar-refractivity contribution < 1.29 is 19.1 Å². The highest BCUT2D eigenvalue weighted by molar-refractivity contribution is 6.09. The molecule has 1 heterocycles. The van der Waals surface area contributed by atoms with Crippen LogP contribution in [0.4, 0.5) is 0 Å². The molecule has 0 bridgehead atoms. The highest BCUT2D eigenvalue weighted by Gasteiger charge is 2.26. The molecule has 4 aromatic carbocycles. The number of carbonyl (C=O) groups is 2. The van der Waals surface area contributed by atoms with Gasteiger partial charge in [0.15, 0.2) is 12.6 Å². The molecule has 0 radical (unpaired) electrons. The average molecular weight is 905 g/mol. The van der Waals surface area contributed by atoms with Gasteiger partial charge in [0, 0.05) is 29.9 Å². The van der Waals surface area contributed by atoms with E-state index in [4.69, 9.17) is 26.7 Å². The van der Waals surface area contributed by atoms with Crippen molar-refractivity contribution in [2.45, 2.75) is 110 Å². The number of aliphatic imine (C=N–C) groups is 1. The molecule has 8 N–H and O–H groups in total. The molecule has 6 rings (SSSR count). The lowest BCUT2D eigenvalue weighted by Gasteiger charge is -2.24. The van der Waals surface area contributed by atoms with E-state index in [2.05, 4.69) is 70.1 Å². The summed E-state index contributed by atoms with van der Waals surface area (Å²) < 4.78 is 14.7. The maximum atomic E-state index is 14.1. The minimum Gasteiger partial charge on any atom is -0.493 e.